The van der Waals surface area contributed by atoms with E-state index in [1.165, 1.54) is 6.07 Å². The van der Waals surface area contributed by atoms with Crippen molar-refractivity contribution < 1.29 is 4.39 Å². The predicted molar refractivity (Wildman–Crippen MR) is 119 cm³/mol. The van der Waals surface area contributed by atoms with Gasteiger partial charge in [0.25, 0.3) is 0 Å². The van der Waals surface area contributed by atoms with Gasteiger partial charge < -0.3 is 15.6 Å². The molecule has 7 heteroatoms. The Balaban J connectivity index is 0.00000338. The first-order chi connectivity index (χ1) is 12.1. The SMILES string of the molecule is CCN(CC)C(C)CNC(=NC)NCCc1c[nH]c2ccc(F)cc12.I. The number of halogens is 2. The van der Waals surface area contributed by atoms with Crippen LogP contribution < -0.4 is 10.6 Å². The lowest BCUT2D eigenvalue weighted by molar-refractivity contribution is 0.231. The third kappa shape index (κ3) is 6.12. The smallest absolute Gasteiger partial charge is 0.191 e. The number of fused-ring (bicyclic) bond motifs is 1. The van der Waals surface area contributed by atoms with Gasteiger partial charge >= 0.3 is 0 Å². The first kappa shape index (κ1) is 22.7. The van der Waals surface area contributed by atoms with Crippen LogP contribution in [-0.2, 0) is 6.42 Å². The zero-order chi connectivity index (χ0) is 18.2. The second-order valence-electron chi connectivity index (χ2n) is 6.20. The van der Waals surface area contributed by atoms with E-state index in [9.17, 15) is 4.39 Å². The lowest BCUT2D eigenvalue weighted by Gasteiger charge is -2.27. The molecule has 0 saturated carbocycles. The summed E-state index contributed by atoms with van der Waals surface area (Å²) in [6, 6.07) is 5.28. The van der Waals surface area contributed by atoms with Crippen molar-refractivity contribution in [3.05, 3.63) is 35.8 Å². The van der Waals surface area contributed by atoms with E-state index in [1.807, 2.05) is 6.20 Å². The summed E-state index contributed by atoms with van der Waals surface area (Å²) in [6.45, 7) is 10.2. The van der Waals surface area contributed by atoms with E-state index in [4.69, 9.17) is 0 Å². The Morgan fingerprint density at radius 1 is 1.27 bits per heavy atom. The molecule has 0 bridgehead atoms. The molecule has 5 nitrogen and oxygen atoms in total. The van der Waals surface area contributed by atoms with Crippen LogP contribution in [0.5, 0.6) is 0 Å². The molecule has 1 atom stereocenters. The highest BCUT2D eigenvalue weighted by Crippen LogP contribution is 2.19. The van der Waals surface area contributed by atoms with Gasteiger partial charge in [0.1, 0.15) is 5.82 Å². The Hall–Kier alpha value is -1.35. The number of rotatable bonds is 8. The number of benzene rings is 1. The van der Waals surface area contributed by atoms with Crippen LogP contribution in [0.2, 0.25) is 0 Å². The third-order valence-corrected chi connectivity index (χ3v) is 4.64. The summed E-state index contributed by atoms with van der Waals surface area (Å²) < 4.78 is 13.4. The number of hydrogen-bond donors (Lipinski definition) is 3. The van der Waals surface area contributed by atoms with E-state index in [-0.39, 0.29) is 29.8 Å². The monoisotopic (exact) mass is 475 g/mol. The fourth-order valence-corrected chi connectivity index (χ4v) is 3.11. The summed E-state index contributed by atoms with van der Waals surface area (Å²) in [4.78, 5) is 9.86. The minimum absolute atomic E-state index is 0. The van der Waals surface area contributed by atoms with Crippen LogP contribution in [0.15, 0.2) is 29.4 Å². The number of H-pyrrole nitrogens is 1. The first-order valence-electron chi connectivity index (χ1n) is 9.03. The Morgan fingerprint density at radius 3 is 2.65 bits per heavy atom. The lowest BCUT2D eigenvalue weighted by atomic mass is 10.1. The fraction of sp³-hybridized carbons (Fsp3) is 0.526. The molecule has 0 aliphatic rings. The van der Waals surface area contributed by atoms with Gasteiger partial charge in [0.15, 0.2) is 5.96 Å². The van der Waals surface area contributed by atoms with Crippen LogP contribution in [0.4, 0.5) is 4.39 Å². The van der Waals surface area contributed by atoms with Crippen LogP contribution in [0.25, 0.3) is 10.9 Å². The van der Waals surface area contributed by atoms with Gasteiger partial charge in [-0.2, -0.15) is 0 Å². The highest BCUT2D eigenvalue weighted by atomic mass is 127. The molecule has 0 spiro atoms. The number of nitrogens with zero attached hydrogens (tertiary/aromatic N) is 2. The van der Waals surface area contributed by atoms with Crippen molar-refractivity contribution in [2.24, 2.45) is 4.99 Å². The summed E-state index contributed by atoms with van der Waals surface area (Å²) in [6.07, 6.45) is 2.75. The molecular weight excluding hydrogens is 444 g/mol. The molecule has 26 heavy (non-hydrogen) atoms. The molecule has 3 N–H and O–H groups in total. The van der Waals surface area contributed by atoms with Gasteiger partial charge in [-0.1, -0.05) is 13.8 Å². The number of likely N-dealkylation sites (N-methyl/N-ethyl adjacent to an activating group) is 1. The minimum atomic E-state index is -0.204. The average Bonchev–Trinajstić information content (AvgIpc) is 3.01. The van der Waals surface area contributed by atoms with E-state index in [2.05, 4.69) is 46.3 Å². The lowest BCUT2D eigenvalue weighted by Crippen LogP contribution is -2.46. The second-order valence-corrected chi connectivity index (χ2v) is 6.20. The Labute approximate surface area is 172 Å². The molecule has 0 radical (unpaired) electrons. The van der Waals surface area contributed by atoms with Crippen molar-refractivity contribution in [1.82, 2.24) is 20.5 Å². The van der Waals surface area contributed by atoms with Gasteiger partial charge in [-0.05, 0) is 50.2 Å². The largest absolute Gasteiger partial charge is 0.361 e. The van der Waals surface area contributed by atoms with E-state index in [0.29, 0.717) is 6.04 Å². The molecule has 146 valence electrons. The molecule has 1 heterocycles. The zero-order valence-corrected chi connectivity index (χ0v) is 18.4. The number of aromatic amines is 1. The van der Waals surface area contributed by atoms with Gasteiger partial charge in [0, 0.05) is 43.3 Å². The van der Waals surface area contributed by atoms with Crippen molar-refractivity contribution in [3.8, 4) is 0 Å². The van der Waals surface area contributed by atoms with Crippen LogP contribution in [0.3, 0.4) is 0 Å². The molecule has 0 aliphatic carbocycles. The van der Waals surface area contributed by atoms with E-state index < -0.39 is 0 Å². The standard InChI is InChI=1S/C19H30FN5.HI/c1-5-25(6-2)14(3)12-24-19(21-4)22-10-9-15-13-23-18-8-7-16(20)11-17(15)18;/h7-8,11,13-14,23H,5-6,9-10,12H2,1-4H3,(H2,21,22,24);1H. The molecule has 0 amide bonds. The zero-order valence-electron chi connectivity index (χ0n) is 16.1. The molecule has 1 unspecified atom stereocenters. The topological polar surface area (TPSA) is 55.4 Å². The Morgan fingerprint density at radius 2 is 2.00 bits per heavy atom. The number of aliphatic imine (C=N–C) groups is 1. The Kier molecular flexibility index (Phi) is 9.93. The molecule has 1 aromatic carbocycles. The second kappa shape index (κ2) is 11.4. The first-order valence-corrected chi connectivity index (χ1v) is 9.03. The summed E-state index contributed by atoms with van der Waals surface area (Å²) in [5, 5.41) is 7.65. The predicted octanol–water partition coefficient (Wildman–Crippen LogP) is 3.36. The van der Waals surface area contributed by atoms with Crippen LogP contribution in [0.1, 0.15) is 26.3 Å². The van der Waals surface area contributed by atoms with E-state index in [0.717, 1.165) is 55.0 Å². The highest BCUT2D eigenvalue weighted by molar-refractivity contribution is 14.0. The normalized spacial score (nSPS) is 12.9. The highest BCUT2D eigenvalue weighted by Gasteiger charge is 2.10. The maximum atomic E-state index is 13.4. The van der Waals surface area contributed by atoms with Crippen LogP contribution >= 0.6 is 24.0 Å². The summed E-state index contributed by atoms with van der Waals surface area (Å²) in [5.74, 6) is 0.592. The quantitative estimate of drug-likeness (QED) is 0.312. The van der Waals surface area contributed by atoms with Gasteiger partial charge in [0.05, 0.1) is 0 Å². The number of guanidine groups is 1. The van der Waals surface area contributed by atoms with Crippen molar-refractivity contribution in [2.45, 2.75) is 33.2 Å². The molecule has 2 rings (SSSR count). The van der Waals surface area contributed by atoms with Crippen molar-refractivity contribution in [1.29, 1.82) is 0 Å². The molecule has 0 aliphatic heterocycles. The number of aromatic nitrogens is 1. The van der Waals surface area contributed by atoms with Crippen molar-refractivity contribution in [2.75, 3.05) is 33.2 Å². The van der Waals surface area contributed by atoms with E-state index >= 15 is 0 Å². The van der Waals surface area contributed by atoms with Gasteiger partial charge in [-0.15, -0.1) is 24.0 Å². The molecule has 2 aromatic rings. The van der Waals surface area contributed by atoms with Gasteiger partial charge in [-0.3, -0.25) is 9.89 Å². The minimum Gasteiger partial charge on any atom is -0.361 e. The molecular formula is C19H31FIN5. The van der Waals surface area contributed by atoms with Crippen molar-refractivity contribution >= 4 is 40.8 Å². The Bertz CT molecular complexity index is 696. The van der Waals surface area contributed by atoms with Gasteiger partial charge in [0.2, 0.25) is 0 Å². The summed E-state index contributed by atoms with van der Waals surface area (Å²) in [7, 11) is 1.78. The number of nitrogens with one attached hydrogen (secondary N) is 3. The van der Waals surface area contributed by atoms with E-state index in [1.54, 1.807) is 19.2 Å². The molecule has 1 aromatic heterocycles. The number of hydrogen-bond acceptors (Lipinski definition) is 2. The summed E-state index contributed by atoms with van der Waals surface area (Å²) in [5.41, 5.74) is 2.07. The molecule has 0 fully saturated rings. The maximum Gasteiger partial charge on any atom is 0.191 e. The van der Waals surface area contributed by atoms with Crippen molar-refractivity contribution in [3.63, 3.8) is 0 Å². The molecule has 0 saturated heterocycles. The maximum absolute atomic E-state index is 13.4. The van der Waals surface area contributed by atoms with Crippen LogP contribution in [-0.4, -0.2) is 55.1 Å². The average molecular weight is 475 g/mol. The van der Waals surface area contributed by atoms with Gasteiger partial charge in [-0.25, -0.2) is 4.39 Å². The third-order valence-electron chi connectivity index (χ3n) is 4.64. The fourth-order valence-electron chi connectivity index (χ4n) is 3.11. The van der Waals surface area contributed by atoms with Crippen LogP contribution in [0, 0.1) is 5.82 Å². The summed E-state index contributed by atoms with van der Waals surface area (Å²) >= 11 is 0.